The van der Waals surface area contributed by atoms with Crippen molar-refractivity contribution in [1.82, 2.24) is 10.3 Å². The van der Waals surface area contributed by atoms with Gasteiger partial charge in [-0.3, -0.25) is 14.6 Å². The van der Waals surface area contributed by atoms with Gasteiger partial charge in [-0.05, 0) is 36.4 Å². The molecular formula is C26H24F2N6O4. The second-order valence-electron chi connectivity index (χ2n) is 8.25. The number of nitrogens with one attached hydrogen (secondary N) is 3. The number of pyridine rings is 1. The number of hydrogen-bond donors (Lipinski definition) is 4. The Morgan fingerprint density at radius 1 is 1.05 bits per heavy atom. The van der Waals surface area contributed by atoms with Crippen molar-refractivity contribution in [3.05, 3.63) is 84.2 Å². The summed E-state index contributed by atoms with van der Waals surface area (Å²) in [5, 5.41) is 17.0. The van der Waals surface area contributed by atoms with Gasteiger partial charge in [0.1, 0.15) is 6.61 Å². The van der Waals surface area contributed by atoms with E-state index in [-0.39, 0.29) is 11.4 Å². The molecular weight excluding hydrogens is 498 g/mol. The monoisotopic (exact) mass is 522 g/mol. The number of alkyl halides is 2. The molecule has 10 nitrogen and oxygen atoms in total. The molecule has 12 heteroatoms. The normalized spacial score (nSPS) is 15.2. The molecule has 4 rings (SSSR count). The number of nitrogens with zero attached hydrogens (tertiary/aromatic N) is 3. The van der Waals surface area contributed by atoms with Crippen LogP contribution in [0.25, 0.3) is 0 Å². The standard InChI is InChI=1S/C26H24F2N6O4/c1-29-16-7-6-8-17(13-16)31-25(38)33-23-24(37)34(14-21(36)26(27,28)15-35)20-11-3-2-9-18(20)22(32-23)19-10-4-5-12-30-19/h2-13,23,29,35H,14-15H2,1H3,(H2,31,33,38). The SMILES string of the molecule is CNc1cccc(NC(=O)NC2N=C(c3ccccn3)c3ccccc3N(CC(=O)C(F)(F)CO)C2=O)c1. The molecule has 3 amide bonds. The number of Topliss-reactive ketones (excluding diaryl/α,β-unsaturated/α-hetero) is 1. The summed E-state index contributed by atoms with van der Waals surface area (Å²) in [6.45, 7) is -2.76. The summed E-state index contributed by atoms with van der Waals surface area (Å²) in [6.07, 6.45) is -0.0809. The van der Waals surface area contributed by atoms with Crippen LogP contribution in [0.1, 0.15) is 11.3 Å². The van der Waals surface area contributed by atoms with Crippen LogP contribution >= 0.6 is 0 Å². The van der Waals surface area contributed by atoms with Gasteiger partial charge in [0.05, 0.1) is 23.6 Å². The van der Waals surface area contributed by atoms with Gasteiger partial charge in [-0.2, -0.15) is 8.78 Å². The average Bonchev–Trinajstić information content (AvgIpc) is 3.04. The first kappa shape index (κ1) is 26.4. The highest BCUT2D eigenvalue weighted by Gasteiger charge is 2.42. The number of benzene rings is 2. The van der Waals surface area contributed by atoms with Crippen LogP contribution in [-0.2, 0) is 9.59 Å². The molecule has 0 radical (unpaired) electrons. The quantitative estimate of drug-likeness (QED) is 0.359. The molecule has 0 spiro atoms. The van der Waals surface area contributed by atoms with Crippen LogP contribution in [-0.4, -0.2) is 65.8 Å². The van der Waals surface area contributed by atoms with E-state index >= 15 is 0 Å². The molecule has 38 heavy (non-hydrogen) atoms. The number of aliphatic hydroxyl groups excluding tert-OH is 1. The maximum absolute atomic E-state index is 14.0. The molecule has 0 bridgehead atoms. The van der Waals surface area contributed by atoms with E-state index in [0.29, 0.717) is 16.9 Å². The third kappa shape index (κ3) is 5.65. The molecule has 4 N–H and O–H groups in total. The Kier molecular flexibility index (Phi) is 7.72. The number of urea groups is 1. The molecule has 196 valence electrons. The summed E-state index contributed by atoms with van der Waals surface area (Å²) in [5.74, 6) is -6.66. The topological polar surface area (TPSA) is 136 Å². The lowest BCUT2D eigenvalue weighted by molar-refractivity contribution is -0.147. The van der Waals surface area contributed by atoms with Gasteiger partial charge in [-0.1, -0.05) is 30.3 Å². The Morgan fingerprint density at radius 3 is 2.50 bits per heavy atom. The van der Waals surface area contributed by atoms with Crippen molar-refractivity contribution in [2.75, 3.05) is 35.7 Å². The summed E-state index contributed by atoms with van der Waals surface area (Å²) in [6, 6.07) is 17.3. The average molecular weight is 523 g/mol. The minimum atomic E-state index is -4.06. The van der Waals surface area contributed by atoms with Crippen LogP contribution in [0.15, 0.2) is 77.9 Å². The highest BCUT2D eigenvalue weighted by Crippen LogP contribution is 2.29. The van der Waals surface area contributed by atoms with E-state index in [2.05, 4.69) is 25.9 Å². The van der Waals surface area contributed by atoms with Crippen molar-refractivity contribution in [2.45, 2.75) is 12.1 Å². The lowest BCUT2D eigenvalue weighted by atomic mass is 10.0. The van der Waals surface area contributed by atoms with Crippen LogP contribution in [0.3, 0.4) is 0 Å². The number of fused-ring (bicyclic) bond motifs is 1. The number of amides is 3. The second-order valence-corrected chi connectivity index (χ2v) is 8.25. The molecule has 0 aliphatic carbocycles. The third-order valence-corrected chi connectivity index (χ3v) is 5.70. The molecule has 1 unspecified atom stereocenters. The number of carbonyl (C=O) groups is 3. The minimum Gasteiger partial charge on any atom is -0.390 e. The molecule has 3 aromatic rings. The fraction of sp³-hybridized carbons (Fsp3) is 0.192. The van der Waals surface area contributed by atoms with Gasteiger partial charge < -0.3 is 26.0 Å². The largest absolute Gasteiger partial charge is 0.390 e. The summed E-state index contributed by atoms with van der Waals surface area (Å²) in [5.41, 5.74) is 2.17. The molecule has 2 heterocycles. The van der Waals surface area contributed by atoms with E-state index in [0.717, 1.165) is 10.6 Å². The molecule has 2 aromatic carbocycles. The zero-order chi connectivity index (χ0) is 27.3. The lowest BCUT2D eigenvalue weighted by Gasteiger charge is -2.26. The zero-order valence-electron chi connectivity index (χ0n) is 20.2. The van der Waals surface area contributed by atoms with Gasteiger partial charge in [-0.25, -0.2) is 9.79 Å². The summed E-state index contributed by atoms with van der Waals surface area (Å²) >= 11 is 0. The number of ketones is 1. The Balaban J connectivity index is 1.74. The maximum atomic E-state index is 14.0. The molecule has 0 fully saturated rings. The number of halogens is 2. The number of aromatic nitrogens is 1. The molecule has 1 aliphatic heterocycles. The fourth-order valence-electron chi connectivity index (χ4n) is 3.78. The van der Waals surface area contributed by atoms with Crippen LogP contribution in [0, 0.1) is 0 Å². The number of rotatable bonds is 8. The summed E-state index contributed by atoms with van der Waals surface area (Å²) in [4.78, 5) is 48.4. The number of para-hydroxylation sites is 1. The van der Waals surface area contributed by atoms with E-state index in [1.165, 1.54) is 12.3 Å². The van der Waals surface area contributed by atoms with Crippen molar-refractivity contribution in [3.63, 3.8) is 0 Å². The first-order valence-corrected chi connectivity index (χ1v) is 11.5. The van der Waals surface area contributed by atoms with Gasteiger partial charge in [-0.15, -0.1) is 0 Å². The molecule has 0 saturated heterocycles. The zero-order valence-corrected chi connectivity index (χ0v) is 20.2. The van der Waals surface area contributed by atoms with Crippen LogP contribution in [0.5, 0.6) is 0 Å². The Bertz CT molecular complexity index is 1380. The van der Waals surface area contributed by atoms with Crippen molar-refractivity contribution in [2.24, 2.45) is 4.99 Å². The highest BCUT2D eigenvalue weighted by atomic mass is 19.3. The Hall–Kier alpha value is -4.71. The van der Waals surface area contributed by atoms with E-state index in [9.17, 15) is 23.2 Å². The van der Waals surface area contributed by atoms with E-state index in [1.54, 1.807) is 67.7 Å². The van der Waals surface area contributed by atoms with Gasteiger partial charge >= 0.3 is 12.0 Å². The lowest BCUT2D eigenvalue weighted by Crippen LogP contribution is -2.51. The molecule has 1 aliphatic rings. The van der Waals surface area contributed by atoms with Gasteiger partial charge in [0.15, 0.2) is 0 Å². The van der Waals surface area contributed by atoms with Crippen LogP contribution in [0.4, 0.5) is 30.6 Å². The second kappa shape index (κ2) is 11.1. The van der Waals surface area contributed by atoms with Crippen molar-refractivity contribution in [3.8, 4) is 0 Å². The number of anilines is 3. The van der Waals surface area contributed by atoms with E-state index < -0.39 is 43.0 Å². The number of aliphatic imine (C=N–C) groups is 1. The van der Waals surface area contributed by atoms with Crippen LogP contribution < -0.4 is 20.9 Å². The number of hydrogen-bond acceptors (Lipinski definition) is 7. The molecule has 1 atom stereocenters. The van der Waals surface area contributed by atoms with Crippen molar-refractivity contribution < 1.29 is 28.3 Å². The smallest absolute Gasteiger partial charge is 0.329 e. The van der Waals surface area contributed by atoms with E-state index in [1.807, 2.05) is 0 Å². The molecule has 1 aromatic heterocycles. The minimum absolute atomic E-state index is 0.121. The highest BCUT2D eigenvalue weighted by molar-refractivity contribution is 6.20. The predicted octanol–water partition coefficient (Wildman–Crippen LogP) is 2.65. The predicted molar refractivity (Wildman–Crippen MR) is 138 cm³/mol. The van der Waals surface area contributed by atoms with Crippen LogP contribution in [0.2, 0.25) is 0 Å². The Morgan fingerprint density at radius 2 is 1.79 bits per heavy atom. The molecule has 0 saturated carbocycles. The number of benzodiazepines with no additional fused rings is 1. The first-order valence-electron chi connectivity index (χ1n) is 11.5. The van der Waals surface area contributed by atoms with Crippen molar-refractivity contribution >= 4 is 40.5 Å². The maximum Gasteiger partial charge on any atom is 0.329 e. The van der Waals surface area contributed by atoms with E-state index in [4.69, 9.17) is 5.11 Å². The number of aliphatic hydroxyl groups is 1. The van der Waals surface area contributed by atoms with Gasteiger partial charge in [0.2, 0.25) is 11.9 Å². The third-order valence-electron chi connectivity index (χ3n) is 5.70. The number of carbonyl (C=O) groups excluding carboxylic acids is 3. The van der Waals surface area contributed by atoms with Gasteiger partial charge in [0.25, 0.3) is 5.91 Å². The first-order chi connectivity index (χ1) is 18.2. The van der Waals surface area contributed by atoms with Crippen molar-refractivity contribution in [1.29, 1.82) is 0 Å². The Labute approximate surface area is 216 Å². The summed E-state index contributed by atoms with van der Waals surface area (Å²) < 4.78 is 28.0. The fourth-order valence-corrected chi connectivity index (χ4v) is 3.78. The summed E-state index contributed by atoms with van der Waals surface area (Å²) in [7, 11) is 1.71. The van der Waals surface area contributed by atoms with Gasteiger partial charge in [0, 0.05) is 30.2 Å².